The number of hydrogen-bond donors (Lipinski definition) is 0. The van der Waals surface area contributed by atoms with E-state index in [1.165, 1.54) is 16.4 Å². The van der Waals surface area contributed by atoms with Gasteiger partial charge in [0.25, 0.3) is 10.0 Å². The molecule has 26 heavy (non-hydrogen) atoms. The Bertz CT molecular complexity index is 942. The third-order valence-electron chi connectivity index (χ3n) is 5.64. The molecule has 2 aliphatic rings. The van der Waals surface area contributed by atoms with Gasteiger partial charge in [0.05, 0.1) is 10.6 Å². The van der Waals surface area contributed by atoms with Gasteiger partial charge in [0.1, 0.15) is 5.82 Å². The Hall–Kier alpha value is -1.92. The predicted octanol–water partition coefficient (Wildman–Crippen LogP) is 3.70. The average molecular weight is 375 g/mol. The summed E-state index contributed by atoms with van der Waals surface area (Å²) >= 11 is 0. The molecule has 1 fully saturated rings. The van der Waals surface area contributed by atoms with Crippen LogP contribution in [0.5, 0.6) is 0 Å². The second kappa shape index (κ2) is 6.06. The first-order valence-electron chi connectivity index (χ1n) is 8.82. The molecule has 0 aromatic heterocycles. The van der Waals surface area contributed by atoms with Gasteiger partial charge in [-0.05, 0) is 61.6 Å². The van der Waals surface area contributed by atoms with Crippen molar-refractivity contribution in [3.63, 3.8) is 0 Å². The van der Waals surface area contributed by atoms with E-state index in [9.17, 15) is 12.8 Å². The van der Waals surface area contributed by atoms with Crippen molar-refractivity contribution in [3.8, 4) is 0 Å². The fraction of sp³-hybridized carbons (Fsp3) is 0.400. The molecule has 2 aliphatic heterocycles. The van der Waals surface area contributed by atoms with Gasteiger partial charge in [-0.15, -0.1) is 0 Å². The van der Waals surface area contributed by atoms with Gasteiger partial charge in [0, 0.05) is 25.2 Å². The minimum Gasteiger partial charge on any atom is -0.381 e. The molecule has 0 amide bonds. The number of nitrogens with zero attached hydrogens (tertiary/aromatic N) is 1. The van der Waals surface area contributed by atoms with Crippen molar-refractivity contribution in [2.75, 3.05) is 24.1 Å². The lowest BCUT2D eigenvalue weighted by atomic mass is 9.76. The highest BCUT2D eigenvalue weighted by atomic mass is 32.2. The zero-order chi connectivity index (χ0) is 18.5. The molecule has 138 valence electrons. The molecule has 2 aromatic carbocycles. The molecule has 2 aromatic rings. The monoisotopic (exact) mass is 375 g/mol. The number of rotatable bonds is 2. The molecule has 2 heterocycles. The molecule has 4 nitrogen and oxygen atoms in total. The van der Waals surface area contributed by atoms with Crippen molar-refractivity contribution < 1.29 is 17.5 Å². The fourth-order valence-electron chi connectivity index (χ4n) is 4.17. The Morgan fingerprint density at radius 1 is 1.08 bits per heavy atom. The Balaban J connectivity index is 1.83. The average Bonchev–Trinajstić information content (AvgIpc) is 2.95. The maximum atomic E-state index is 14.0. The molecule has 4 rings (SSSR count). The number of anilines is 1. The van der Waals surface area contributed by atoms with Crippen LogP contribution in [0, 0.1) is 19.7 Å². The molecule has 1 saturated heterocycles. The van der Waals surface area contributed by atoms with E-state index in [1.54, 1.807) is 13.8 Å². The van der Waals surface area contributed by atoms with Crippen LogP contribution in [0.4, 0.5) is 10.1 Å². The van der Waals surface area contributed by atoms with Gasteiger partial charge in [0.15, 0.2) is 0 Å². The fourth-order valence-corrected chi connectivity index (χ4v) is 5.91. The summed E-state index contributed by atoms with van der Waals surface area (Å²) in [5.74, 6) is -0.355. The van der Waals surface area contributed by atoms with Gasteiger partial charge in [0.2, 0.25) is 0 Å². The van der Waals surface area contributed by atoms with E-state index in [0.717, 1.165) is 24.1 Å². The van der Waals surface area contributed by atoms with E-state index in [2.05, 4.69) is 0 Å². The van der Waals surface area contributed by atoms with Crippen LogP contribution in [0.2, 0.25) is 0 Å². The third kappa shape index (κ3) is 2.55. The number of aryl methyl sites for hydroxylation is 2. The second-order valence-corrected chi connectivity index (χ2v) is 9.15. The maximum Gasteiger partial charge on any atom is 0.264 e. The first kappa shape index (κ1) is 17.5. The number of para-hydroxylation sites is 1. The van der Waals surface area contributed by atoms with Crippen LogP contribution in [0.15, 0.2) is 41.3 Å². The van der Waals surface area contributed by atoms with Gasteiger partial charge in [-0.1, -0.05) is 18.2 Å². The number of benzene rings is 2. The topological polar surface area (TPSA) is 46.6 Å². The Labute approximate surface area is 153 Å². The van der Waals surface area contributed by atoms with Gasteiger partial charge in [-0.25, -0.2) is 12.8 Å². The van der Waals surface area contributed by atoms with Crippen molar-refractivity contribution in [1.29, 1.82) is 0 Å². The Morgan fingerprint density at radius 2 is 1.69 bits per heavy atom. The van der Waals surface area contributed by atoms with Crippen molar-refractivity contribution >= 4 is 15.7 Å². The molecule has 0 unspecified atom stereocenters. The first-order chi connectivity index (χ1) is 12.3. The van der Waals surface area contributed by atoms with Crippen LogP contribution in [0.3, 0.4) is 0 Å². The Morgan fingerprint density at radius 3 is 2.35 bits per heavy atom. The van der Waals surface area contributed by atoms with Crippen LogP contribution >= 0.6 is 0 Å². The lowest BCUT2D eigenvalue weighted by Crippen LogP contribution is -2.40. The van der Waals surface area contributed by atoms with Crippen molar-refractivity contribution in [2.24, 2.45) is 0 Å². The Kier molecular flexibility index (Phi) is 4.08. The summed E-state index contributed by atoms with van der Waals surface area (Å²) in [6.07, 6.45) is 1.61. The van der Waals surface area contributed by atoms with Gasteiger partial charge in [-0.3, -0.25) is 4.31 Å². The van der Waals surface area contributed by atoms with E-state index in [-0.39, 0.29) is 16.1 Å². The van der Waals surface area contributed by atoms with E-state index >= 15 is 0 Å². The summed E-state index contributed by atoms with van der Waals surface area (Å²) in [6, 6.07) is 10.6. The number of hydrogen-bond acceptors (Lipinski definition) is 3. The van der Waals surface area contributed by atoms with E-state index in [4.69, 9.17) is 4.74 Å². The zero-order valence-corrected chi connectivity index (χ0v) is 15.8. The summed E-state index contributed by atoms with van der Waals surface area (Å²) in [6.45, 7) is 4.87. The molecular formula is C20H22FNO3S. The first-order valence-corrected chi connectivity index (χ1v) is 10.3. The molecule has 0 bridgehead atoms. The highest BCUT2D eigenvalue weighted by molar-refractivity contribution is 7.92. The van der Waals surface area contributed by atoms with Crippen LogP contribution in [0.25, 0.3) is 0 Å². The molecular weight excluding hydrogens is 353 g/mol. The van der Waals surface area contributed by atoms with Crippen molar-refractivity contribution in [1.82, 2.24) is 0 Å². The molecule has 0 atom stereocenters. The molecule has 0 N–H and O–H groups in total. The van der Waals surface area contributed by atoms with Crippen molar-refractivity contribution in [3.05, 3.63) is 58.9 Å². The summed E-state index contributed by atoms with van der Waals surface area (Å²) in [7, 11) is -3.76. The molecule has 1 spiro atoms. The highest BCUT2D eigenvalue weighted by Crippen LogP contribution is 2.48. The van der Waals surface area contributed by atoms with Crippen LogP contribution in [0.1, 0.15) is 29.5 Å². The van der Waals surface area contributed by atoms with E-state index in [0.29, 0.717) is 30.9 Å². The molecule has 6 heteroatoms. The lowest BCUT2D eigenvalue weighted by Gasteiger charge is -2.34. The lowest BCUT2D eigenvalue weighted by molar-refractivity contribution is 0.0560. The van der Waals surface area contributed by atoms with Gasteiger partial charge < -0.3 is 4.74 Å². The SMILES string of the molecule is Cc1cc(S(=O)(=O)N2CC3(CCOCC3)c3ccccc32)cc(C)c1F. The van der Waals surface area contributed by atoms with Gasteiger partial charge >= 0.3 is 0 Å². The second-order valence-electron chi connectivity index (χ2n) is 7.29. The van der Waals surface area contributed by atoms with Gasteiger partial charge in [-0.2, -0.15) is 0 Å². The maximum absolute atomic E-state index is 14.0. The van der Waals surface area contributed by atoms with Crippen LogP contribution in [-0.2, 0) is 20.2 Å². The molecule has 0 aliphatic carbocycles. The largest absolute Gasteiger partial charge is 0.381 e. The smallest absolute Gasteiger partial charge is 0.264 e. The summed E-state index contributed by atoms with van der Waals surface area (Å²) in [5, 5.41) is 0. The van der Waals surface area contributed by atoms with Crippen LogP contribution in [-0.4, -0.2) is 28.2 Å². The number of sulfonamides is 1. The standard InChI is InChI=1S/C20H22FNO3S/c1-14-11-16(12-15(2)19(14)21)26(23,24)22-13-20(7-9-25-10-8-20)17-5-3-4-6-18(17)22/h3-6,11-12H,7-10,13H2,1-2H3. The third-order valence-corrected chi connectivity index (χ3v) is 7.38. The summed E-state index contributed by atoms with van der Waals surface area (Å²) in [5.41, 5.74) is 2.29. The number of fused-ring (bicyclic) bond motifs is 2. The van der Waals surface area contributed by atoms with Crippen LogP contribution < -0.4 is 4.31 Å². The zero-order valence-electron chi connectivity index (χ0n) is 15.0. The number of halogens is 1. The highest BCUT2D eigenvalue weighted by Gasteiger charge is 2.47. The van der Waals surface area contributed by atoms with E-state index < -0.39 is 10.0 Å². The van der Waals surface area contributed by atoms with Crippen molar-refractivity contribution in [2.45, 2.75) is 37.0 Å². The number of ether oxygens (including phenoxy) is 1. The quantitative estimate of drug-likeness (QED) is 0.804. The normalized spacial score (nSPS) is 19.0. The summed E-state index contributed by atoms with van der Waals surface area (Å²) in [4.78, 5) is 0.146. The molecule has 0 radical (unpaired) electrons. The summed E-state index contributed by atoms with van der Waals surface area (Å²) < 4.78 is 47.8. The minimum atomic E-state index is -3.76. The minimum absolute atomic E-state index is 0.146. The molecule has 0 saturated carbocycles. The van der Waals surface area contributed by atoms with E-state index in [1.807, 2.05) is 24.3 Å². The predicted molar refractivity (Wildman–Crippen MR) is 98.6 cm³/mol.